The van der Waals surface area contributed by atoms with Crippen LogP contribution < -0.4 is 10.6 Å². The third-order valence-electron chi connectivity index (χ3n) is 3.46. The van der Waals surface area contributed by atoms with Gasteiger partial charge in [-0.15, -0.1) is 0 Å². The molecule has 0 bridgehead atoms. The van der Waals surface area contributed by atoms with Gasteiger partial charge < -0.3 is 10.6 Å². The monoisotopic (exact) mass is 357 g/mol. The second kappa shape index (κ2) is 7.95. The van der Waals surface area contributed by atoms with E-state index in [9.17, 15) is 4.79 Å². The zero-order valence-electron chi connectivity index (χ0n) is 12.8. The average molecular weight is 358 g/mol. The highest BCUT2D eigenvalue weighted by Gasteiger charge is 2.04. The molecule has 6 heteroatoms. The van der Waals surface area contributed by atoms with Crippen molar-refractivity contribution in [2.75, 3.05) is 0 Å². The molecule has 24 heavy (non-hydrogen) atoms. The van der Waals surface area contributed by atoms with Gasteiger partial charge in [0, 0.05) is 35.3 Å². The zero-order valence-corrected chi connectivity index (χ0v) is 14.4. The normalized spacial score (nSPS) is 10.4. The Labute approximate surface area is 149 Å². The summed E-state index contributed by atoms with van der Waals surface area (Å²) < 4.78 is 0. The molecular formula is C18H16ClN3OS. The molecule has 0 saturated carbocycles. The predicted octanol–water partition coefficient (Wildman–Crippen LogP) is 4.46. The van der Waals surface area contributed by atoms with Gasteiger partial charge >= 0.3 is 6.03 Å². The number of thiophene rings is 1. The Morgan fingerprint density at radius 1 is 1.04 bits per heavy atom. The van der Waals surface area contributed by atoms with E-state index in [2.05, 4.69) is 21.0 Å². The summed E-state index contributed by atoms with van der Waals surface area (Å²) in [6, 6.07) is 13.1. The summed E-state index contributed by atoms with van der Waals surface area (Å²) in [5.41, 5.74) is 4.01. The molecule has 3 rings (SSSR count). The smallest absolute Gasteiger partial charge is 0.315 e. The van der Waals surface area contributed by atoms with E-state index in [1.807, 2.05) is 35.7 Å². The number of amides is 2. The number of halogens is 1. The molecule has 1 aromatic carbocycles. The van der Waals surface area contributed by atoms with Gasteiger partial charge in [-0.3, -0.25) is 4.98 Å². The van der Waals surface area contributed by atoms with E-state index < -0.39 is 0 Å². The van der Waals surface area contributed by atoms with Crippen LogP contribution >= 0.6 is 22.9 Å². The molecule has 0 radical (unpaired) electrons. The van der Waals surface area contributed by atoms with Crippen molar-refractivity contribution in [3.05, 3.63) is 75.6 Å². The van der Waals surface area contributed by atoms with Crippen LogP contribution in [0.2, 0.25) is 5.02 Å². The van der Waals surface area contributed by atoms with Crippen LogP contribution in [0, 0.1) is 0 Å². The van der Waals surface area contributed by atoms with Crippen LogP contribution in [0.1, 0.15) is 11.1 Å². The van der Waals surface area contributed by atoms with E-state index in [0.717, 1.165) is 22.4 Å². The first-order chi connectivity index (χ1) is 11.7. The summed E-state index contributed by atoms with van der Waals surface area (Å²) >= 11 is 7.47. The van der Waals surface area contributed by atoms with Gasteiger partial charge in [0.2, 0.25) is 0 Å². The summed E-state index contributed by atoms with van der Waals surface area (Å²) in [5, 5.41) is 10.4. The van der Waals surface area contributed by atoms with Crippen LogP contribution in [-0.4, -0.2) is 11.0 Å². The first-order valence-corrected chi connectivity index (χ1v) is 8.76. The van der Waals surface area contributed by atoms with Gasteiger partial charge in [0.1, 0.15) is 0 Å². The number of nitrogens with zero attached hydrogens (tertiary/aromatic N) is 1. The first-order valence-electron chi connectivity index (χ1n) is 7.44. The van der Waals surface area contributed by atoms with Gasteiger partial charge in [0.25, 0.3) is 0 Å². The minimum atomic E-state index is -0.209. The van der Waals surface area contributed by atoms with Crippen molar-refractivity contribution in [2.45, 2.75) is 13.1 Å². The van der Waals surface area contributed by atoms with E-state index >= 15 is 0 Å². The van der Waals surface area contributed by atoms with Crippen molar-refractivity contribution in [1.82, 2.24) is 15.6 Å². The molecule has 0 atom stereocenters. The number of hydrogen-bond acceptors (Lipinski definition) is 3. The summed E-state index contributed by atoms with van der Waals surface area (Å²) in [6.45, 7) is 0.908. The minimum absolute atomic E-state index is 0.209. The molecule has 0 aliphatic heterocycles. The van der Waals surface area contributed by atoms with Gasteiger partial charge in [-0.05, 0) is 46.8 Å². The summed E-state index contributed by atoms with van der Waals surface area (Å²) in [5.74, 6) is 0. The highest BCUT2D eigenvalue weighted by atomic mass is 35.5. The lowest BCUT2D eigenvalue weighted by molar-refractivity contribution is 0.240. The van der Waals surface area contributed by atoms with E-state index in [1.54, 1.807) is 29.7 Å². The molecule has 3 aromatic rings. The van der Waals surface area contributed by atoms with Crippen LogP contribution in [0.5, 0.6) is 0 Å². The zero-order chi connectivity index (χ0) is 16.8. The number of hydrogen-bond donors (Lipinski definition) is 2. The molecule has 0 fully saturated rings. The van der Waals surface area contributed by atoms with E-state index in [-0.39, 0.29) is 6.03 Å². The number of nitrogens with one attached hydrogen (secondary N) is 2. The molecular weight excluding hydrogens is 342 g/mol. The minimum Gasteiger partial charge on any atom is -0.334 e. The van der Waals surface area contributed by atoms with E-state index in [1.165, 1.54) is 0 Å². The molecule has 0 saturated heterocycles. The fourth-order valence-corrected chi connectivity index (χ4v) is 2.96. The lowest BCUT2D eigenvalue weighted by Crippen LogP contribution is -2.34. The van der Waals surface area contributed by atoms with Crippen LogP contribution in [-0.2, 0) is 13.1 Å². The Kier molecular flexibility index (Phi) is 5.46. The standard InChI is InChI=1S/C18H16ClN3OS/c19-16-3-1-13(2-4-16)10-21-18(23)22-11-14-5-7-20-17(9-14)15-6-8-24-12-15/h1-9,12H,10-11H2,(H2,21,22,23). The Bertz CT molecular complexity index is 803. The molecule has 0 aliphatic carbocycles. The number of carbonyl (C=O) groups excluding carboxylic acids is 1. The third kappa shape index (κ3) is 4.57. The maximum absolute atomic E-state index is 11.9. The second-order valence-electron chi connectivity index (χ2n) is 5.22. The third-order valence-corrected chi connectivity index (χ3v) is 4.40. The van der Waals surface area contributed by atoms with Crippen molar-refractivity contribution in [3.63, 3.8) is 0 Å². The molecule has 0 aliphatic rings. The predicted molar refractivity (Wildman–Crippen MR) is 98.1 cm³/mol. The highest BCUT2D eigenvalue weighted by molar-refractivity contribution is 7.08. The molecule has 2 heterocycles. The van der Waals surface area contributed by atoms with Crippen molar-refractivity contribution in [3.8, 4) is 11.3 Å². The SMILES string of the molecule is O=C(NCc1ccc(Cl)cc1)NCc1ccnc(-c2ccsc2)c1. The first kappa shape index (κ1) is 16.5. The molecule has 2 aromatic heterocycles. The number of rotatable bonds is 5. The van der Waals surface area contributed by atoms with Crippen LogP contribution in [0.3, 0.4) is 0 Å². The quantitative estimate of drug-likeness (QED) is 0.708. The number of urea groups is 1. The highest BCUT2D eigenvalue weighted by Crippen LogP contribution is 2.20. The van der Waals surface area contributed by atoms with Crippen LogP contribution in [0.25, 0.3) is 11.3 Å². The van der Waals surface area contributed by atoms with Crippen LogP contribution in [0.4, 0.5) is 4.79 Å². The van der Waals surface area contributed by atoms with Gasteiger partial charge in [-0.2, -0.15) is 11.3 Å². The number of pyridine rings is 1. The van der Waals surface area contributed by atoms with Gasteiger partial charge in [0.05, 0.1) is 5.69 Å². The van der Waals surface area contributed by atoms with Crippen molar-refractivity contribution >= 4 is 29.0 Å². The van der Waals surface area contributed by atoms with Crippen molar-refractivity contribution in [2.24, 2.45) is 0 Å². The maximum atomic E-state index is 11.9. The molecule has 2 amide bonds. The molecule has 0 unspecified atom stereocenters. The summed E-state index contributed by atoms with van der Waals surface area (Å²) in [4.78, 5) is 16.3. The molecule has 122 valence electrons. The second-order valence-corrected chi connectivity index (χ2v) is 6.44. The summed E-state index contributed by atoms with van der Waals surface area (Å²) in [6.07, 6.45) is 1.76. The number of carbonyl (C=O) groups is 1. The fraction of sp³-hybridized carbons (Fsp3) is 0.111. The fourth-order valence-electron chi connectivity index (χ4n) is 2.18. The van der Waals surface area contributed by atoms with Gasteiger partial charge in [-0.1, -0.05) is 23.7 Å². The van der Waals surface area contributed by atoms with Gasteiger partial charge in [-0.25, -0.2) is 4.79 Å². The van der Waals surface area contributed by atoms with E-state index in [4.69, 9.17) is 11.6 Å². The lowest BCUT2D eigenvalue weighted by atomic mass is 10.1. The van der Waals surface area contributed by atoms with Gasteiger partial charge in [0.15, 0.2) is 0 Å². The Morgan fingerprint density at radius 2 is 1.79 bits per heavy atom. The molecule has 0 spiro atoms. The lowest BCUT2D eigenvalue weighted by Gasteiger charge is -2.08. The Morgan fingerprint density at radius 3 is 2.50 bits per heavy atom. The van der Waals surface area contributed by atoms with E-state index in [0.29, 0.717) is 18.1 Å². The topological polar surface area (TPSA) is 54.0 Å². The average Bonchev–Trinajstić information content (AvgIpc) is 3.14. The largest absolute Gasteiger partial charge is 0.334 e. The maximum Gasteiger partial charge on any atom is 0.315 e. The Balaban J connectivity index is 1.51. The van der Waals surface area contributed by atoms with Crippen molar-refractivity contribution in [1.29, 1.82) is 0 Å². The van der Waals surface area contributed by atoms with Crippen molar-refractivity contribution < 1.29 is 4.79 Å². The molecule has 4 nitrogen and oxygen atoms in total. The Hall–Kier alpha value is -2.37. The number of aromatic nitrogens is 1. The van der Waals surface area contributed by atoms with Crippen LogP contribution in [0.15, 0.2) is 59.4 Å². The summed E-state index contributed by atoms with van der Waals surface area (Å²) in [7, 11) is 0. The number of benzene rings is 1. The molecule has 2 N–H and O–H groups in total.